The summed E-state index contributed by atoms with van der Waals surface area (Å²) in [6.07, 6.45) is -12.2. The predicted molar refractivity (Wildman–Crippen MR) is 34.9 cm³/mol. The summed E-state index contributed by atoms with van der Waals surface area (Å²) in [5, 5.41) is 0. The highest BCUT2D eigenvalue weighted by molar-refractivity contribution is 9.10. The van der Waals surface area contributed by atoms with Gasteiger partial charge in [0.2, 0.25) is 0 Å². The molecule has 0 saturated carbocycles. The molecule has 0 aromatic carbocycles. The molecule has 0 heterocycles. The molecule has 0 bridgehead atoms. The second kappa shape index (κ2) is 3.73. The molecule has 1 atom stereocenters. The molecule has 92 valence electrons. The Morgan fingerprint density at radius 3 is 1.53 bits per heavy atom. The summed E-state index contributed by atoms with van der Waals surface area (Å²) in [7, 11) is -6.45. The number of alkyl halides is 7. The van der Waals surface area contributed by atoms with E-state index in [9.17, 15) is 38.6 Å². The maximum absolute atomic E-state index is 12.4. The van der Waals surface area contributed by atoms with Crippen LogP contribution in [-0.4, -0.2) is 25.3 Å². The first-order valence-corrected chi connectivity index (χ1v) is 4.78. The fourth-order valence-corrected chi connectivity index (χ4v) is 0.895. The van der Waals surface area contributed by atoms with Gasteiger partial charge < -0.3 is 0 Å². The molecule has 3 nitrogen and oxygen atoms in total. The van der Waals surface area contributed by atoms with E-state index in [4.69, 9.17) is 0 Å². The van der Waals surface area contributed by atoms with Gasteiger partial charge in [0, 0.05) is 0 Å². The fourth-order valence-electron chi connectivity index (χ4n) is 0.342. The lowest BCUT2D eigenvalue weighted by Gasteiger charge is -2.27. The van der Waals surface area contributed by atoms with E-state index in [2.05, 4.69) is 0 Å². The summed E-state index contributed by atoms with van der Waals surface area (Å²) < 4.78 is 98.7. The molecule has 0 aliphatic carbocycles. The van der Waals surface area contributed by atoms with Gasteiger partial charge in [-0.1, -0.05) is 3.89 Å². The first-order valence-electron chi connectivity index (χ1n) is 2.68. The molecule has 0 saturated heterocycles. The van der Waals surface area contributed by atoms with Crippen molar-refractivity contribution in [3.05, 3.63) is 0 Å². The van der Waals surface area contributed by atoms with Crippen LogP contribution in [0.3, 0.4) is 0 Å². The number of halogens is 8. The fraction of sp³-hybridized carbons (Fsp3) is 1.00. The molecule has 12 heteroatoms. The molecule has 0 aromatic rings. The molecule has 1 unspecified atom stereocenters. The molecule has 0 rings (SSSR count). The Morgan fingerprint density at radius 2 is 1.33 bits per heavy atom. The van der Waals surface area contributed by atoms with Gasteiger partial charge >= 0.3 is 27.4 Å². The molecule has 0 aliphatic heterocycles. The van der Waals surface area contributed by atoms with E-state index in [0.29, 0.717) is 0 Å². The van der Waals surface area contributed by atoms with Crippen molar-refractivity contribution in [2.45, 2.75) is 16.9 Å². The average molecular weight is 329 g/mol. The summed E-state index contributed by atoms with van der Waals surface area (Å²) in [6.45, 7) is 0. The Morgan fingerprint density at radius 1 is 1.00 bits per heavy atom. The van der Waals surface area contributed by atoms with Crippen molar-refractivity contribution in [1.29, 1.82) is 0 Å². The van der Waals surface area contributed by atoms with Gasteiger partial charge in [-0.15, -0.1) is 0 Å². The molecule has 0 fully saturated rings. The summed E-state index contributed by atoms with van der Waals surface area (Å²) in [4.78, 5) is 0. The van der Waals surface area contributed by atoms with Gasteiger partial charge in [0.05, 0.1) is 0 Å². The zero-order chi connectivity index (χ0) is 12.7. The SMILES string of the molecule is O=S(=O)(F)OC(F)(F)C(F)(Br)C(F)(F)F. The summed E-state index contributed by atoms with van der Waals surface area (Å²) in [6, 6.07) is 0. The van der Waals surface area contributed by atoms with Crippen molar-refractivity contribution in [3.63, 3.8) is 0 Å². The maximum atomic E-state index is 12.4. The molecule has 0 amide bonds. The van der Waals surface area contributed by atoms with Gasteiger partial charge in [-0.05, 0) is 15.9 Å². The van der Waals surface area contributed by atoms with Crippen molar-refractivity contribution in [2.75, 3.05) is 0 Å². The number of rotatable bonds is 3. The van der Waals surface area contributed by atoms with Crippen molar-refractivity contribution >= 4 is 26.4 Å². The van der Waals surface area contributed by atoms with Crippen molar-refractivity contribution in [1.82, 2.24) is 0 Å². The van der Waals surface area contributed by atoms with Gasteiger partial charge in [-0.2, -0.15) is 34.6 Å². The second-order valence-electron chi connectivity index (χ2n) is 2.07. The minimum atomic E-state index is -6.45. The van der Waals surface area contributed by atoms with Crippen LogP contribution in [0.15, 0.2) is 0 Å². The highest BCUT2D eigenvalue weighted by Gasteiger charge is 2.73. The highest BCUT2D eigenvalue weighted by atomic mass is 79.9. The van der Waals surface area contributed by atoms with Gasteiger partial charge in [0.25, 0.3) is 0 Å². The van der Waals surface area contributed by atoms with Crippen molar-refractivity contribution in [2.24, 2.45) is 0 Å². The zero-order valence-corrected chi connectivity index (χ0v) is 8.56. The van der Waals surface area contributed by atoms with Crippen LogP contribution in [0.1, 0.15) is 0 Å². The van der Waals surface area contributed by atoms with Crippen LogP contribution in [0.4, 0.5) is 30.2 Å². The minimum absolute atomic E-state index is 0.879. The Labute approximate surface area is 86.7 Å². The molecule has 0 spiro atoms. The van der Waals surface area contributed by atoms with Crippen LogP contribution in [-0.2, 0) is 14.7 Å². The molecular weight excluding hydrogens is 329 g/mol. The third kappa shape index (κ3) is 3.45. The number of hydrogen-bond donors (Lipinski definition) is 0. The predicted octanol–water partition coefficient (Wildman–Crippen LogP) is 2.43. The monoisotopic (exact) mass is 328 g/mol. The third-order valence-corrected chi connectivity index (χ3v) is 2.25. The van der Waals surface area contributed by atoms with Crippen LogP contribution in [0.2, 0.25) is 0 Å². The van der Waals surface area contributed by atoms with Gasteiger partial charge in [0.15, 0.2) is 0 Å². The Kier molecular flexibility index (Phi) is 3.71. The molecule has 15 heavy (non-hydrogen) atoms. The topological polar surface area (TPSA) is 43.4 Å². The molecule has 0 aliphatic rings. The maximum Gasteiger partial charge on any atom is 0.442 e. The summed E-state index contributed by atoms with van der Waals surface area (Å²) >= 11 is 0.879. The molecular formula is C3BrF7O3S. The van der Waals surface area contributed by atoms with E-state index in [-0.39, 0.29) is 0 Å². The van der Waals surface area contributed by atoms with E-state index in [1.807, 2.05) is 4.18 Å². The quantitative estimate of drug-likeness (QED) is 0.454. The lowest BCUT2D eigenvalue weighted by molar-refractivity contribution is -0.317. The summed E-state index contributed by atoms with van der Waals surface area (Å²) in [5.74, 6) is 0. The Balaban J connectivity index is 5.21. The van der Waals surface area contributed by atoms with Gasteiger partial charge in [-0.3, -0.25) is 0 Å². The minimum Gasteiger partial charge on any atom is -0.211 e. The van der Waals surface area contributed by atoms with Gasteiger partial charge in [-0.25, -0.2) is 4.39 Å². The molecule has 0 N–H and O–H groups in total. The third-order valence-electron chi connectivity index (χ3n) is 0.926. The van der Waals surface area contributed by atoms with Crippen molar-refractivity contribution in [3.8, 4) is 0 Å². The van der Waals surface area contributed by atoms with E-state index >= 15 is 0 Å². The number of hydrogen-bond acceptors (Lipinski definition) is 3. The highest BCUT2D eigenvalue weighted by Crippen LogP contribution is 2.50. The zero-order valence-electron chi connectivity index (χ0n) is 6.16. The lowest BCUT2D eigenvalue weighted by atomic mass is 10.3. The van der Waals surface area contributed by atoms with E-state index in [0.717, 1.165) is 15.9 Å². The Hall–Kier alpha value is -0.100. The van der Waals surface area contributed by atoms with E-state index in [1.54, 1.807) is 0 Å². The van der Waals surface area contributed by atoms with Crippen LogP contribution < -0.4 is 0 Å². The van der Waals surface area contributed by atoms with E-state index < -0.39 is 27.4 Å². The second-order valence-corrected chi connectivity index (χ2v) is 4.11. The van der Waals surface area contributed by atoms with Crippen molar-refractivity contribution < 1.29 is 42.8 Å². The standard InChI is InChI=1S/C3BrF7O3S/c4-1(5,2(6,7)8)3(9,10)14-15(11,12)13. The average Bonchev–Trinajstić information content (AvgIpc) is 1.77. The van der Waals surface area contributed by atoms with Gasteiger partial charge in [0.1, 0.15) is 0 Å². The first kappa shape index (κ1) is 14.9. The normalized spacial score (nSPS) is 18.7. The largest absolute Gasteiger partial charge is 0.442 e. The van der Waals surface area contributed by atoms with Crippen LogP contribution in [0.25, 0.3) is 0 Å². The lowest BCUT2D eigenvalue weighted by Crippen LogP contribution is -2.52. The summed E-state index contributed by atoms with van der Waals surface area (Å²) in [5.41, 5.74) is 0. The molecule has 0 aromatic heterocycles. The van der Waals surface area contributed by atoms with Crippen LogP contribution in [0.5, 0.6) is 0 Å². The molecule has 0 radical (unpaired) electrons. The van der Waals surface area contributed by atoms with Crippen LogP contribution in [0, 0.1) is 0 Å². The smallest absolute Gasteiger partial charge is 0.211 e. The Bertz CT molecular complexity index is 332. The first-order chi connectivity index (χ1) is 6.21. The van der Waals surface area contributed by atoms with Crippen LogP contribution >= 0.6 is 15.9 Å². The van der Waals surface area contributed by atoms with E-state index in [1.165, 1.54) is 0 Å².